The van der Waals surface area contributed by atoms with Crippen LogP contribution in [-0.4, -0.2) is 17.7 Å². The lowest BCUT2D eigenvalue weighted by molar-refractivity contribution is 0.0939. The van der Waals surface area contributed by atoms with Crippen LogP contribution in [0.3, 0.4) is 0 Å². The number of carbonyl (C=O) groups excluding carboxylic acids is 2. The molecule has 0 spiro atoms. The SMILES string of the molecule is O=C(NC1Cc2ccccc2C1)c1cccc2c1-c1ccccc1C2=O. The Balaban J connectivity index is 1.48. The third kappa shape index (κ3) is 2.21. The maximum atomic E-state index is 13.0. The van der Waals surface area contributed by atoms with Crippen LogP contribution in [0.2, 0.25) is 0 Å². The standard InChI is InChI=1S/C23H17NO2/c25-22-18-9-4-3-8-17(18)21-19(22)10-5-11-20(21)23(26)24-16-12-14-6-1-2-7-15(14)13-16/h1-11,16H,12-13H2,(H,24,26). The number of hydrogen-bond donors (Lipinski definition) is 1. The highest BCUT2D eigenvalue weighted by molar-refractivity contribution is 6.24. The normalized spacial score (nSPS) is 14.7. The molecule has 2 aliphatic carbocycles. The van der Waals surface area contributed by atoms with E-state index >= 15 is 0 Å². The summed E-state index contributed by atoms with van der Waals surface area (Å²) in [5.74, 6) is -0.109. The summed E-state index contributed by atoms with van der Waals surface area (Å²) in [5, 5.41) is 3.17. The van der Waals surface area contributed by atoms with Gasteiger partial charge in [-0.2, -0.15) is 0 Å². The third-order valence-corrected chi connectivity index (χ3v) is 5.38. The molecule has 1 amide bonds. The van der Waals surface area contributed by atoms with E-state index in [4.69, 9.17) is 0 Å². The summed E-state index contributed by atoms with van der Waals surface area (Å²) in [6.45, 7) is 0. The van der Waals surface area contributed by atoms with Crippen LogP contribution < -0.4 is 5.32 Å². The molecule has 0 saturated heterocycles. The van der Waals surface area contributed by atoms with Crippen molar-refractivity contribution in [2.45, 2.75) is 18.9 Å². The Labute approximate surface area is 151 Å². The average Bonchev–Trinajstić information content (AvgIpc) is 3.21. The van der Waals surface area contributed by atoms with Crippen molar-refractivity contribution in [3.8, 4) is 11.1 Å². The van der Waals surface area contributed by atoms with Crippen LogP contribution in [0.25, 0.3) is 11.1 Å². The molecule has 3 aromatic rings. The predicted octanol–water partition coefficient (Wildman–Crippen LogP) is 3.80. The van der Waals surface area contributed by atoms with Crippen LogP contribution in [0.15, 0.2) is 66.7 Å². The number of nitrogens with one attached hydrogen (secondary N) is 1. The number of fused-ring (bicyclic) bond motifs is 4. The molecule has 1 N–H and O–H groups in total. The van der Waals surface area contributed by atoms with E-state index in [9.17, 15) is 9.59 Å². The number of carbonyl (C=O) groups is 2. The summed E-state index contributed by atoms with van der Waals surface area (Å²) in [4.78, 5) is 25.6. The molecule has 0 heterocycles. The molecule has 0 aromatic heterocycles. The molecule has 0 saturated carbocycles. The molecular weight excluding hydrogens is 322 g/mol. The van der Waals surface area contributed by atoms with Crippen molar-refractivity contribution in [2.24, 2.45) is 0 Å². The first kappa shape index (κ1) is 15.1. The molecule has 0 atom stereocenters. The Hall–Kier alpha value is -3.20. The minimum absolute atomic E-state index is 0.00137. The van der Waals surface area contributed by atoms with E-state index in [2.05, 4.69) is 17.4 Å². The van der Waals surface area contributed by atoms with Gasteiger partial charge in [0.2, 0.25) is 0 Å². The van der Waals surface area contributed by atoms with Crippen LogP contribution in [0.5, 0.6) is 0 Å². The van der Waals surface area contributed by atoms with Crippen LogP contribution in [0.4, 0.5) is 0 Å². The Kier molecular flexibility index (Phi) is 3.29. The van der Waals surface area contributed by atoms with Gasteiger partial charge in [-0.3, -0.25) is 9.59 Å². The molecular formula is C23H17NO2. The summed E-state index contributed by atoms with van der Waals surface area (Å²) in [6.07, 6.45) is 1.71. The highest BCUT2D eigenvalue weighted by atomic mass is 16.1. The Bertz CT molecular complexity index is 1040. The van der Waals surface area contributed by atoms with Gasteiger partial charge in [0.25, 0.3) is 5.91 Å². The molecule has 0 radical (unpaired) electrons. The third-order valence-electron chi connectivity index (χ3n) is 5.38. The molecule has 126 valence electrons. The first-order chi connectivity index (χ1) is 12.7. The second-order valence-electron chi connectivity index (χ2n) is 6.95. The van der Waals surface area contributed by atoms with Crippen molar-refractivity contribution in [3.05, 3.63) is 94.5 Å². The average molecular weight is 339 g/mol. The maximum Gasteiger partial charge on any atom is 0.252 e. The second kappa shape index (κ2) is 5.67. The molecule has 3 aromatic carbocycles. The lowest BCUT2D eigenvalue weighted by Gasteiger charge is -2.14. The smallest absolute Gasteiger partial charge is 0.252 e. The monoisotopic (exact) mass is 339 g/mol. The fraction of sp³-hybridized carbons (Fsp3) is 0.130. The van der Waals surface area contributed by atoms with E-state index in [1.165, 1.54) is 11.1 Å². The fourth-order valence-electron chi connectivity index (χ4n) is 4.19. The van der Waals surface area contributed by atoms with Crippen LogP contribution in [-0.2, 0) is 12.8 Å². The summed E-state index contributed by atoms with van der Waals surface area (Å²) in [7, 11) is 0. The highest BCUT2D eigenvalue weighted by Crippen LogP contribution is 2.38. The minimum Gasteiger partial charge on any atom is -0.349 e. The summed E-state index contributed by atoms with van der Waals surface area (Å²) in [5.41, 5.74) is 6.10. The number of amides is 1. The molecule has 3 nitrogen and oxygen atoms in total. The molecule has 0 unspecified atom stereocenters. The number of benzene rings is 3. The van der Waals surface area contributed by atoms with Crippen molar-refractivity contribution in [3.63, 3.8) is 0 Å². The Morgan fingerprint density at radius 1 is 0.769 bits per heavy atom. The van der Waals surface area contributed by atoms with Crippen molar-refractivity contribution >= 4 is 11.7 Å². The summed E-state index contributed by atoms with van der Waals surface area (Å²) < 4.78 is 0. The molecule has 3 heteroatoms. The number of ketones is 1. The zero-order chi connectivity index (χ0) is 17.7. The van der Waals surface area contributed by atoms with Gasteiger partial charge < -0.3 is 5.32 Å². The largest absolute Gasteiger partial charge is 0.349 e. The quantitative estimate of drug-likeness (QED) is 0.604. The van der Waals surface area contributed by atoms with E-state index in [1.54, 1.807) is 12.1 Å². The molecule has 0 bridgehead atoms. The van der Waals surface area contributed by atoms with Crippen LogP contribution >= 0.6 is 0 Å². The van der Waals surface area contributed by atoms with Gasteiger partial charge in [0, 0.05) is 28.3 Å². The summed E-state index contributed by atoms with van der Waals surface area (Å²) in [6, 6.07) is 21.3. The lowest BCUT2D eigenvalue weighted by atomic mass is 9.98. The fourth-order valence-corrected chi connectivity index (χ4v) is 4.19. The first-order valence-corrected chi connectivity index (χ1v) is 8.87. The van der Waals surface area contributed by atoms with Crippen LogP contribution in [0.1, 0.15) is 37.4 Å². The van der Waals surface area contributed by atoms with Gasteiger partial charge in [0.1, 0.15) is 0 Å². The van der Waals surface area contributed by atoms with Gasteiger partial charge in [0.15, 0.2) is 5.78 Å². The first-order valence-electron chi connectivity index (χ1n) is 8.87. The zero-order valence-corrected chi connectivity index (χ0v) is 14.2. The summed E-state index contributed by atoms with van der Waals surface area (Å²) >= 11 is 0. The number of rotatable bonds is 2. The molecule has 26 heavy (non-hydrogen) atoms. The molecule has 0 fully saturated rings. The topological polar surface area (TPSA) is 46.2 Å². The van der Waals surface area contributed by atoms with E-state index in [0.717, 1.165) is 24.0 Å². The minimum atomic E-state index is -0.107. The van der Waals surface area contributed by atoms with E-state index < -0.39 is 0 Å². The predicted molar refractivity (Wildman–Crippen MR) is 100 cm³/mol. The van der Waals surface area contributed by atoms with Crippen molar-refractivity contribution in [1.29, 1.82) is 0 Å². The Morgan fingerprint density at radius 2 is 1.38 bits per heavy atom. The van der Waals surface area contributed by atoms with Crippen molar-refractivity contribution < 1.29 is 9.59 Å². The van der Waals surface area contributed by atoms with E-state index in [1.807, 2.05) is 42.5 Å². The number of hydrogen-bond acceptors (Lipinski definition) is 2. The van der Waals surface area contributed by atoms with Gasteiger partial charge in [0.05, 0.1) is 0 Å². The van der Waals surface area contributed by atoms with Gasteiger partial charge in [-0.1, -0.05) is 60.7 Å². The molecule has 0 aliphatic heterocycles. The van der Waals surface area contributed by atoms with E-state index in [0.29, 0.717) is 16.7 Å². The van der Waals surface area contributed by atoms with Gasteiger partial charge in [-0.15, -0.1) is 0 Å². The molecule has 2 aliphatic rings. The second-order valence-corrected chi connectivity index (χ2v) is 6.95. The molecule has 5 rings (SSSR count). The van der Waals surface area contributed by atoms with Gasteiger partial charge >= 0.3 is 0 Å². The zero-order valence-electron chi connectivity index (χ0n) is 14.2. The van der Waals surface area contributed by atoms with E-state index in [-0.39, 0.29) is 17.7 Å². The lowest BCUT2D eigenvalue weighted by Crippen LogP contribution is -2.35. The van der Waals surface area contributed by atoms with Gasteiger partial charge in [-0.05, 0) is 35.6 Å². The van der Waals surface area contributed by atoms with Crippen LogP contribution in [0, 0.1) is 0 Å². The van der Waals surface area contributed by atoms with Crippen molar-refractivity contribution in [2.75, 3.05) is 0 Å². The van der Waals surface area contributed by atoms with Gasteiger partial charge in [-0.25, -0.2) is 0 Å². The Morgan fingerprint density at radius 3 is 2.12 bits per heavy atom. The van der Waals surface area contributed by atoms with Crippen molar-refractivity contribution in [1.82, 2.24) is 5.32 Å². The highest BCUT2D eigenvalue weighted by Gasteiger charge is 2.31. The maximum absolute atomic E-state index is 13.0.